The molecule has 0 spiro atoms. The molecular formula is C15H20N2O4. The molecule has 1 aromatic carbocycles. The second-order valence-corrected chi connectivity index (χ2v) is 5.12. The number of ether oxygens (including phenoxy) is 1. The van der Waals surface area contributed by atoms with Gasteiger partial charge in [-0.15, -0.1) is 0 Å². The lowest BCUT2D eigenvalue weighted by atomic mass is 10.3. The molecule has 1 fully saturated rings. The number of aliphatic carboxylic acids is 1. The summed E-state index contributed by atoms with van der Waals surface area (Å²) in [7, 11) is 1.59. The van der Waals surface area contributed by atoms with E-state index < -0.39 is 5.97 Å². The summed E-state index contributed by atoms with van der Waals surface area (Å²) in [5.41, 5.74) is 0.704. The highest BCUT2D eigenvalue weighted by Crippen LogP contribution is 2.26. The van der Waals surface area contributed by atoms with Crippen LogP contribution in [0.5, 0.6) is 5.75 Å². The van der Waals surface area contributed by atoms with Crippen molar-refractivity contribution in [2.75, 3.05) is 25.5 Å². The van der Waals surface area contributed by atoms with Crippen molar-refractivity contribution in [1.29, 1.82) is 0 Å². The first-order valence-electron chi connectivity index (χ1n) is 6.98. The van der Waals surface area contributed by atoms with Crippen LogP contribution in [-0.4, -0.2) is 48.1 Å². The quantitative estimate of drug-likeness (QED) is 0.760. The lowest BCUT2D eigenvalue weighted by Gasteiger charge is -2.20. The number of methoxy groups -OCH3 is 1. The highest BCUT2D eigenvalue weighted by Gasteiger charge is 2.30. The number of hydrogen-bond donors (Lipinski definition) is 2. The second-order valence-electron chi connectivity index (χ2n) is 5.12. The minimum Gasteiger partial charge on any atom is -0.497 e. The molecule has 0 aliphatic heterocycles. The number of anilines is 1. The average molecular weight is 292 g/mol. The molecule has 0 unspecified atom stereocenters. The minimum atomic E-state index is -0.837. The standard InChI is InChI=1S/C15H20N2O4/c1-21-13-6-2-11(3-7-13)16-14(18)10-17(12-4-5-12)9-8-15(19)20/h2-3,6-7,12H,4-5,8-10H2,1H3,(H,16,18)(H,19,20). The number of rotatable bonds is 8. The highest BCUT2D eigenvalue weighted by molar-refractivity contribution is 5.92. The number of nitrogens with zero attached hydrogens (tertiary/aromatic N) is 1. The van der Waals surface area contributed by atoms with E-state index in [9.17, 15) is 9.59 Å². The maximum absolute atomic E-state index is 12.0. The molecule has 0 radical (unpaired) electrons. The number of benzene rings is 1. The molecule has 1 saturated carbocycles. The minimum absolute atomic E-state index is 0.0618. The van der Waals surface area contributed by atoms with Crippen molar-refractivity contribution in [2.45, 2.75) is 25.3 Å². The number of carboxylic acid groups (broad SMARTS) is 1. The van der Waals surface area contributed by atoms with Gasteiger partial charge < -0.3 is 15.2 Å². The van der Waals surface area contributed by atoms with E-state index in [2.05, 4.69) is 5.32 Å². The Hall–Kier alpha value is -2.08. The first-order chi connectivity index (χ1) is 10.1. The van der Waals surface area contributed by atoms with Crippen molar-refractivity contribution in [3.63, 3.8) is 0 Å². The van der Waals surface area contributed by atoms with E-state index >= 15 is 0 Å². The molecule has 0 saturated heterocycles. The number of carboxylic acids is 1. The molecule has 2 rings (SSSR count). The van der Waals surface area contributed by atoms with Crippen LogP contribution in [0.25, 0.3) is 0 Å². The van der Waals surface area contributed by atoms with E-state index in [1.165, 1.54) is 0 Å². The van der Waals surface area contributed by atoms with Gasteiger partial charge in [0.1, 0.15) is 5.75 Å². The first kappa shape index (κ1) is 15.3. The molecule has 6 nitrogen and oxygen atoms in total. The number of carbonyl (C=O) groups excluding carboxylic acids is 1. The molecule has 21 heavy (non-hydrogen) atoms. The van der Waals surface area contributed by atoms with Crippen molar-refractivity contribution in [2.24, 2.45) is 0 Å². The monoisotopic (exact) mass is 292 g/mol. The molecule has 1 amide bonds. The molecule has 0 atom stereocenters. The Kier molecular flexibility index (Phi) is 5.16. The Morgan fingerprint density at radius 1 is 1.33 bits per heavy atom. The molecule has 2 N–H and O–H groups in total. The van der Waals surface area contributed by atoms with Crippen LogP contribution in [0, 0.1) is 0 Å². The second kappa shape index (κ2) is 7.08. The van der Waals surface area contributed by atoms with Crippen LogP contribution >= 0.6 is 0 Å². The number of amides is 1. The predicted octanol–water partition coefficient (Wildman–Crippen LogP) is 1.57. The van der Waals surface area contributed by atoms with Gasteiger partial charge in [0.25, 0.3) is 0 Å². The Balaban J connectivity index is 1.84. The van der Waals surface area contributed by atoms with E-state index in [1.807, 2.05) is 4.90 Å². The van der Waals surface area contributed by atoms with Crippen LogP contribution < -0.4 is 10.1 Å². The van der Waals surface area contributed by atoms with Crippen molar-refractivity contribution in [3.05, 3.63) is 24.3 Å². The van der Waals surface area contributed by atoms with Gasteiger partial charge in [0.15, 0.2) is 0 Å². The van der Waals surface area contributed by atoms with Crippen molar-refractivity contribution in [3.8, 4) is 5.75 Å². The summed E-state index contributed by atoms with van der Waals surface area (Å²) >= 11 is 0. The summed E-state index contributed by atoms with van der Waals surface area (Å²) in [6.45, 7) is 0.639. The smallest absolute Gasteiger partial charge is 0.304 e. The average Bonchev–Trinajstić information content (AvgIpc) is 3.28. The van der Waals surface area contributed by atoms with Gasteiger partial charge in [-0.2, -0.15) is 0 Å². The molecule has 1 aliphatic rings. The Labute approximate surface area is 123 Å². The van der Waals surface area contributed by atoms with E-state index in [4.69, 9.17) is 9.84 Å². The van der Waals surface area contributed by atoms with E-state index in [-0.39, 0.29) is 18.9 Å². The van der Waals surface area contributed by atoms with Crippen LogP contribution in [0.1, 0.15) is 19.3 Å². The SMILES string of the molecule is COc1ccc(NC(=O)CN(CCC(=O)O)C2CC2)cc1. The van der Waals surface area contributed by atoms with Gasteiger partial charge in [-0.05, 0) is 37.1 Å². The van der Waals surface area contributed by atoms with Gasteiger partial charge in [0.2, 0.25) is 5.91 Å². The maximum atomic E-state index is 12.0. The summed E-state index contributed by atoms with van der Waals surface area (Å²) in [6.07, 6.45) is 2.14. The van der Waals surface area contributed by atoms with Crippen molar-refractivity contribution >= 4 is 17.6 Å². The number of hydrogen-bond acceptors (Lipinski definition) is 4. The zero-order valence-electron chi connectivity index (χ0n) is 12.0. The third-order valence-corrected chi connectivity index (χ3v) is 3.40. The maximum Gasteiger partial charge on any atom is 0.304 e. The molecule has 0 heterocycles. The Bertz CT molecular complexity index is 497. The third kappa shape index (κ3) is 5.07. The zero-order valence-corrected chi connectivity index (χ0v) is 12.0. The third-order valence-electron chi connectivity index (χ3n) is 3.40. The summed E-state index contributed by atoms with van der Waals surface area (Å²) in [5, 5.41) is 11.6. The van der Waals surface area contributed by atoms with E-state index in [0.717, 1.165) is 18.6 Å². The topological polar surface area (TPSA) is 78.9 Å². The zero-order chi connectivity index (χ0) is 15.2. The summed E-state index contributed by atoms with van der Waals surface area (Å²) in [5.74, 6) is -0.234. The van der Waals surface area contributed by atoms with Crippen molar-refractivity contribution < 1.29 is 19.4 Å². The lowest BCUT2D eigenvalue weighted by molar-refractivity contribution is -0.137. The summed E-state index contributed by atoms with van der Waals surface area (Å²) in [4.78, 5) is 24.6. The lowest BCUT2D eigenvalue weighted by Crippen LogP contribution is -2.36. The Morgan fingerprint density at radius 3 is 2.52 bits per heavy atom. The molecule has 0 bridgehead atoms. The van der Waals surface area contributed by atoms with Crippen LogP contribution in [0.15, 0.2) is 24.3 Å². The molecule has 1 aromatic rings. The molecule has 6 heteroatoms. The van der Waals surface area contributed by atoms with E-state index in [0.29, 0.717) is 18.3 Å². The molecule has 114 valence electrons. The van der Waals surface area contributed by atoms with Gasteiger partial charge in [-0.25, -0.2) is 0 Å². The summed E-state index contributed by atoms with van der Waals surface area (Å²) < 4.78 is 5.06. The van der Waals surface area contributed by atoms with Gasteiger partial charge in [0.05, 0.1) is 20.1 Å². The summed E-state index contributed by atoms with van der Waals surface area (Å²) in [6, 6.07) is 7.45. The fourth-order valence-electron chi connectivity index (χ4n) is 2.13. The first-order valence-corrected chi connectivity index (χ1v) is 6.98. The molecule has 1 aliphatic carbocycles. The van der Waals surface area contributed by atoms with Crippen LogP contribution in [0.3, 0.4) is 0 Å². The van der Waals surface area contributed by atoms with Crippen LogP contribution in [0.4, 0.5) is 5.69 Å². The number of nitrogens with one attached hydrogen (secondary N) is 1. The van der Waals surface area contributed by atoms with Gasteiger partial charge in [0, 0.05) is 18.3 Å². The predicted molar refractivity (Wildman–Crippen MR) is 78.5 cm³/mol. The fraction of sp³-hybridized carbons (Fsp3) is 0.467. The van der Waals surface area contributed by atoms with Crippen LogP contribution in [-0.2, 0) is 9.59 Å². The van der Waals surface area contributed by atoms with Gasteiger partial charge >= 0.3 is 5.97 Å². The van der Waals surface area contributed by atoms with E-state index in [1.54, 1.807) is 31.4 Å². The van der Waals surface area contributed by atoms with Crippen molar-refractivity contribution in [1.82, 2.24) is 4.90 Å². The molecular weight excluding hydrogens is 272 g/mol. The normalized spacial score (nSPS) is 14.0. The highest BCUT2D eigenvalue weighted by atomic mass is 16.5. The molecule has 0 aromatic heterocycles. The Morgan fingerprint density at radius 2 is 2.00 bits per heavy atom. The van der Waals surface area contributed by atoms with Gasteiger partial charge in [-0.3, -0.25) is 14.5 Å². The van der Waals surface area contributed by atoms with Gasteiger partial charge in [-0.1, -0.05) is 0 Å². The van der Waals surface area contributed by atoms with Crippen LogP contribution in [0.2, 0.25) is 0 Å². The fourth-order valence-corrected chi connectivity index (χ4v) is 2.13. The largest absolute Gasteiger partial charge is 0.497 e. The number of carbonyl (C=O) groups is 2.